The first-order valence-electron chi connectivity index (χ1n) is 22.2. The molecule has 1 unspecified atom stereocenters. The van der Waals surface area contributed by atoms with Gasteiger partial charge in [-0.25, -0.2) is 19.6 Å². The minimum absolute atomic E-state index is 0.0150. The van der Waals surface area contributed by atoms with E-state index in [2.05, 4.69) is 98.9 Å². The van der Waals surface area contributed by atoms with Crippen LogP contribution in [0.15, 0.2) is 112 Å². The molecule has 344 valence electrons. The highest BCUT2D eigenvalue weighted by atomic mass is 28.4. The number of allylic oxidation sites excluding steroid dienone is 11. The molecule has 0 spiro atoms. The standard InChI is InChI=1S/C51H72N2O9Si/c1-13-21-41(54)50(6,7)42(55)27-19-25-37-31-35(37)23-16-18-30-46-53-40(34-60-46)48(57)61-43(51(8,9)44(22-14-2)62-63(11,12)49(3,4)5)28-20-26-38-32-36(38)24-15-17-29-45-52-39(33-59-45)47(56)58-10/h13-22,24-26,29,31,33-36,38,41-44,54-55H,23,27-28,30,32H2,1-12H3/b18-16-,21-13+,22-14+,24-15+,25-19-,26-20-,29-17-/t35-,36+,38?,41+,42+,43+,44+/m1/s1. The molecule has 2 aliphatic rings. The molecule has 1 fully saturated rings. The van der Waals surface area contributed by atoms with Gasteiger partial charge in [-0.15, -0.1) is 0 Å². The number of hydrogen-bond acceptors (Lipinski definition) is 11. The number of aliphatic hydroxyl groups is 2. The molecule has 0 bridgehead atoms. The third kappa shape index (κ3) is 14.7. The van der Waals surface area contributed by atoms with Crippen molar-refractivity contribution in [1.29, 1.82) is 0 Å². The Hall–Kier alpha value is -4.62. The van der Waals surface area contributed by atoms with Gasteiger partial charge in [0.05, 0.1) is 25.4 Å². The molecular weight excluding hydrogens is 813 g/mol. The summed E-state index contributed by atoms with van der Waals surface area (Å²) >= 11 is 0. The Labute approximate surface area is 376 Å². The maximum absolute atomic E-state index is 13.8. The number of rotatable bonds is 24. The Bertz CT molecular complexity index is 2070. The van der Waals surface area contributed by atoms with Crippen LogP contribution in [-0.2, 0) is 20.3 Å². The summed E-state index contributed by atoms with van der Waals surface area (Å²) in [6.07, 6.45) is 33.4. The Balaban J connectivity index is 1.35. The number of aromatic nitrogens is 2. The fourth-order valence-corrected chi connectivity index (χ4v) is 8.07. The summed E-state index contributed by atoms with van der Waals surface area (Å²) in [7, 11) is -0.914. The Kier molecular flexibility index (Phi) is 18.1. The van der Waals surface area contributed by atoms with Crippen LogP contribution in [0.5, 0.6) is 0 Å². The highest BCUT2D eigenvalue weighted by Crippen LogP contribution is 2.44. The van der Waals surface area contributed by atoms with E-state index in [0.717, 1.165) is 12.8 Å². The molecule has 2 aromatic heterocycles. The number of hydrogen-bond donors (Lipinski definition) is 2. The maximum Gasteiger partial charge on any atom is 0.360 e. The van der Waals surface area contributed by atoms with E-state index >= 15 is 0 Å². The van der Waals surface area contributed by atoms with Gasteiger partial charge in [0.2, 0.25) is 5.89 Å². The zero-order valence-corrected chi connectivity index (χ0v) is 40.5. The molecule has 2 aliphatic carbocycles. The molecule has 0 amide bonds. The molecule has 1 saturated carbocycles. The van der Waals surface area contributed by atoms with E-state index in [1.165, 1.54) is 25.2 Å². The van der Waals surface area contributed by atoms with Gasteiger partial charge < -0.3 is 32.9 Å². The van der Waals surface area contributed by atoms with Crippen molar-refractivity contribution in [2.75, 3.05) is 7.11 Å². The minimum atomic E-state index is -2.21. The van der Waals surface area contributed by atoms with Crippen molar-refractivity contribution in [3.8, 4) is 0 Å². The average Bonchev–Trinajstić information content (AvgIpc) is 4.02. The van der Waals surface area contributed by atoms with Crippen LogP contribution in [0.2, 0.25) is 18.1 Å². The second-order valence-corrected chi connectivity index (χ2v) is 24.1. The molecule has 63 heavy (non-hydrogen) atoms. The number of oxazole rings is 2. The fraction of sp³-hybridized carbons (Fsp3) is 0.529. The van der Waals surface area contributed by atoms with Crippen LogP contribution in [0.25, 0.3) is 6.08 Å². The van der Waals surface area contributed by atoms with E-state index in [1.807, 2.05) is 64.2 Å². The van der Waals surface area contributed by atoms with Crippen molar-refractivity contribution < 1.29 is 42.5 Å². The quantitative estimate of drug-likeness (QED) is 0.0448. The number of methoxy groups -OCH3 is 1. The SMILES string of the molecule is C/C=C/[C@H](O[Si](C)(C)C(C)(C)C)C(C)(C)[C@H](C/C=C\C1C[C@@H]1/C=C/C=C\c1nc(C(=O)OC)co1)OC(=O)c1coc(C/C=C\C[C@@H]2C=C2/C=C\C[C@H](O)C(C)(C)[C@@H](O)/C=C/C)n1. The van der Waals surface area contributed by atoms with Gasteiger partial charge in [-0.05, 0) is 68.7 Å². The zero-order valence-electron chi connectivity index (χ0n) is 39.5. The molecular formula is C51H72N2O9Si. The summed E-state index contributed by atoms with van der Waals surface area (Å²) in [5, 5.41) is 21.0. The van der Waals surface area contributed by atoms with Crippen molar-refractivity contribution in [1.82, 2.24) is 9.97 Å². The highest BCUT2D eigenvalue weighted by molar-refractivity contribution is 6.74. The predicted molar refractivity (Wildman–Crippen MR) is 251 cm³/mol. The molecule has 0 aliphatic heterocycles. The van der Waals surface area contributed by atoms with Gasteiger partial charge in [-0.2, -0.15) is 0 Å². The molecule has 2 heterocycles. The lowest BCUT2D eigenvalue weighted by Gasteiger charge is -2.45. The first-order valence-corrected chi connectivity index (χ1v) is 25.1. The van der Waals surface area contributed by atoms with E-state index in [0.29, 0.717) is 48.8 Å². The molecule has 4 rings (SSSR count). The lowest BCUT2D eigenvalue weighted by atomic mass is 9.79. The third-order valence-corrected chi connectivity index (χ3v) is 17.1. The molecule has 11 nitrogen and oxygen atoms in total. The van der Waals surface area contributed by atoms with Crippen molar-refractivity contribution in [2.24, 2.45) is 28.6 Å². The Morgan fingerprint density at radius 1 is 0.841 bits per heavy atom. The molecule has 0 saturated heterocycles. The maximum atomic E-state index is 13.8. The normalized spacial score (nSPS) is 20.8. The zero-order chi connectivity index (χ0) is 46.6. The molecule has 0 radical (unpaired) electrons. The highest BCUT2D eigenvalue weighted by Gasteiger charge is 2.46. The van der Waals surface area contributed by atoms with Crippen molar-refractivity contribution in [3.05, 3.63) is 126 Å². The summed E-state index contributed by atoms with van der Waals surface area (Å²) in [6, 6.07) is 0. The van der Waals surface area contributed by atoms with Crippen LogP contribution in [0.4, 0.5) is 0 Å². The van der Waals surface area contributed by atoms with Gasteiger partial charge in [-0.3, -0.25) is 0 Å². The van der Waals surface area contributed by atoms with Crippen molar-refractivity contribution in [2.45, 2.75) is 137 Å². The fourth-order valence-electron chi connectivity index (χ4n) is 6.70. The summed E-state index contributed by atoms with van der Waals surface area (Å²) in [4.78, 5) is 34.0. The minimum Gasteiger partial charge on any atom is -0.464 e. The topological polar surface area (TPSA) is 154 Å². The van der Waals surface area contributed by atoms with Gasteiger partial charge in [0.15, 0.2) is 25.6 Å². The lowest BCUT2D eigenvalue weighted by molar-refractivity contribution is -0.0420. The molecule has 2 N–H and O–H groups in total. The summed E-state index contributed by atoms with van der Waals surface area (Å²) < 4.78 is 29.0. The molecule has 0 aromatic carbocycles. The average molecular weight is 885 g/mol. The first kappa shape index (κ1) is 51.0. The predicted octanol–water partition coefficient (Wildman–Crippen LogP) is 11.1. The smallest absolute Gasteiger partial charge is 0.360 e. The van der Waals surface area contributed by atoms with Gasteiger partial charge in [-0.1, -0.05) is 134 Å². The van der Waals surface area contributed by atoms with Crippen LogP contribution in [-0.4, -0.2) is 72.0 Å². The van der Waals surface area contributed by atoms with Gasteiger partial charge in [0, 0.05) is 35.7 Å². The van der Waals surface area contributed by atoms with Gasteiger partial charge in [0.1, 0.15) is 18.6 Å². The third-order valence-electron chi connectivity index (χ3n) is 12.6. The molecule has 7 atom stereocenters. The van der Waals surface area contributed by atoms with Crippen LogP contribution < -0.4 is 0 Å². The second kappa shape index (κ2) is 22.3. The van der Waals surface area contributed by atoms with Crippen LogP contribution in [0, 0.1) is 28.6 Å². The van der Waals surface area contributed by atoms with E-state index in [4.69, 9.17) is 18.0 Å². The van der Waals surface area contributed by atoms with Gasteiger partial charge >= 0.3 is 11.9 Å². The number of aliphatic hydroxyl groups excluding tert-OH is 2. The van der Waals surface area contributed by atoms with E-state index in [1.54, 1.807) is 18.2 Å². The van der Waals surface area contributed by atoms with E-state index in [-0.39, 0.29) is 22.5 Å². The number of esters is 2. The monoisotopic (exact) mass is 885 g/mol. The number of ether oxygens (including phenoxy) is 2. The Morgan fingerprint density at radius 2 is 1.52 bits per heavy atom. The second-order valence-electron chi connectivity index (χ2n) is 19.3. The molecule has 2 aromatic rings. The first-order chi connectivity index (χ1) is 29.6. The van der Waals surface area contributed by atoms with Crippen LogP contribution >= 0.6 is 0 Å². The van der Waals surface area contributed by atoms with Crippen molar-refractivity contribution in [3.63, 3.8) is 0 Å². The summed E-state index contributed by atoms with van der Waals surface area (Å²) in [6.45, 7) is 22.9. The van der Waals surface area contributed by atoms with E-state index in [9.17, 15) is 19.8 Å². The van der Waals surface area contributed by atoms with Crippen LogP contribution in [0.1, 0.15) is 121 Å². The number of nitrogens with zero attached hydrogens (tertiary/aromatic N) is 2. The lowest BCUT2D eigenvalue weighted by Crippen LogP contribution is -2.51. The number of carbonyl (C=O) groups is 2. The summed E-state index contributed by atoms with van der Waals surface area (Å²) in [5.74, 6) is 0.741. The molecule has 12 heteroatoms. The largest absolute Gasteiger partial charge is 0.464 e. The van der Waals surface area contributed by atoms with Gasteiger partial charge in [0.25, 0.3) is 0 Å². The van der Waals surface area contributed by atoms with Crippen LogP contribution in [0.3, 0.4) is 0 Å². The Morgan fingerprint density at radius 3 is 2.21 bits per heavy atom. The van der Waals surface area contributed by atoms with Crippen molar-refractivity contribution >= 4 is 26.3 Å². The summed E-state index contributed by atoms with van der Waals surface area (Å²) in [5.41, 5.74) is 0.217. The number of carbonyl (C=O) groups excluding carboxylic acids is 2. The van der Waals surface area contributed by atoms with E-state index < -0.39 is 49.4 Å².